The Morgan fingerprint density at radius 1 is 1.44 bits per heavy atom. The van der Waals surface area contributed by atoms with E-state index in [1.165, 1.54) is 0 Å². The Bertz CT molecular complexity index is 530. The number of thioether (sulfide) groups is 1. The highest BCUT2D eigenvalue weighted by atomic mass is 79.9. The molecule has 2 rings (SSSR count). The third-order valence-corrected chi connectivity index (χ3v) is 3.86. The zero-order valence-corrected chi connectivity index (χ0v) is 12.4. The SMILES string of the molecule is CCCc1noc(CSc2cc(Br)ccc2N)n1. The minimum absolute atomic E-state index is 0.636. The average Bonchev–Trinajstić information content (AvgIpc) is 2.79. The maximum Gasteiger partial charge on any atom is 0.237 e. The zero-order chi connectivity index (χ0) is 13.0. The second-order valence-electron chi connectivity index (χ2n) is 3.83. The third kappa shape index (κ3) is 3.49. The molecule has 6 heteroatoms. The van der Waals surface area contributed by atoms with Crippen LogP contribution in [0.15, 0.2) is 32.1 Å². The van der Waals surface area contributed by atoms with E-state index in [1.54, 1.807) is 11.8 Å². The summed E-state index contributed by atoms with van der Waals surface area (Å²) in [6.07, 6.45) is 1.87. The normalized spacial score (nSPS) is 10.8. The van der Waals surface area contributed by atoms with Crippen molar-refractivity contribution in [1.29, 1.82) is 0 Å². The molecular weight excluding hydrogens is 314 g/mol. The highest BCUT2D eigenvalue weighted by Crippen LogP contribution is 2.30. The highest BCUT2D eigenvalue weighted by molar-refractivity contribution is 9.10. The van der Waals surface area contributed by atoms with Gasteiger partial charge in [0.2, 0.25) is 5.89 Å². The quantitative estimate of drug-likeness (QED) is 0.670. The maximum absolute atomic E-state index is 5.90. The van der Waals surface area contributed by atoms with Crippen molar-refractivity contribution in [2.45, 2.75) is 30.4 Å². The molecule has 0 amide bonds. The number of nitrogen functional groups attached to an aromatic ring is 1. The Hall–Kier alpha value is -1.01. The number of rotatable bonds is 5. The zero-order valence-electron chi connectivity index (χ0n) is 10.0. The summed E-state index contributed by atoms with van der Waals surface area (Å²) >= 11 is 5.02. The molecule has 1 aromatic carbocycles. The Kier molecular flexibility index (Phi) is 4.66. The molecule has 0 atom stereocenters. The lowest BCUT2D eigenvalue weighted by Crippen LogP contribution is -1.90. The van der Waals surface area contributed by atoms with Crippen LogP contribution in [-0.4, -0.2) is 10.1 Å². The van der Waals surface area contributed by atoms with Gasteiger partial charge in [-0.1, -0.05) is 28.0 Å². The van der Waals surface area contributed by atoms with Crippen LogP contribution in [0.2, 0.25) is 0 Å². The Morgan fingerprint density at radius 2 is 2.28 bits per heavy atom. The number of anilines is 1. The van der Waals surface area contributed by atoms with Gasteiger partial charge in [-0.05, 0) is 24.6 Å². The first-order valence-corrected chi connectivity index (χ1v) is 7.46. The first-order valence-electron chi connectivity index (χ1n) is 5.68. The molecule has 0 saturated carbocycles. The van der Waals surface area contributed by atoms with Gasteiger partial charge in [0, 0.05) is 21.5 Å². The molecule has 2 N–H and O–H groups in total. The van der Waals surface area contributed by atoms with E-state index in [0.717, 1.165) is 33.7 Å². The number of nitrogens with two attached hydrogens (primary N) is 1. The first kappa shape index (κ1) is 13.4. The lowest BCUT2D eigenvalue weighted by atomic mass is 10.3. The molecule has 0 bridgehead atoms. The van der Waals surface area contributed by atoms with Gasteiger partial charge in [-0.15, -0.1) is 11.8 Å². The van der Waals surface area contributed by atoms with Crippen molar-refractivity contribution in [2.24, 2.45) is 0 Å². The van der Waals surface area contributed by atoms with Crippen LogP contribution in [0.3, 0.4) is 0 Å². The number of benzene rings is 1. The minimum atomic E-state index is 0.636. The number of nitrogens with zero attached hydrogens (tertiary/aromatic N) is 2. The van der Waals surface area contributed by atoms with Crippen LogP contribution >= 0.6 is 27.7 Å². The minimum Gasteiger partial charge on any atom is -0.398 e. The van der Waals surface area contributed by atoms with Crippen molar-refractivity contribution < 1.29 is 4.52 Å². The van der Waals surface area contributed by atoms with Crippen molar-refractivity contribution in [3.8, 4) is 0 Å². The van der Waals surface area contributed by atoms with E-state index in [1.807, 2.05) is 18.2 Å². The third-order valence-electron chi connectivity index (χ3n) is 2.31. The molecule has 18 heavy (non-hydrogen) atoms. The van der Waals surface area contributed by atoms with Crippen molar-refractivity contribution in [1.82, 2.24) is 10.1 Å². The predicted octanol–water partition coefficient (Wildman–Crippen LogP) is 3.66. The Morgan fingerprint density at radius 3 is 3.06 bits per heavy atom. The summed E-state index contributed by atoms with van der Waals surface area (Å²) in [5.74, 6) is 2.05. The summed E-state index contributed by atoms with van der Waals surface area (Å²) < 4.78 is 6.19. The van der Waals surface area contributed by atoms with E-state index >= 15 is 0 Å². The van der Waals surface area contributed by atoms with E-state index in [2.05, 4.69) is 33.0 Å². The smallest absolute Gasteiger partial charge is 0.237 e. The summed E-state index contributed by atoms with van der Waals surface area (Å²) in [5, 5.41) is 3.92. The van der Waals surface area contributed by atoms with Crippen LogP contribution in [0.5, 0.6) is 0 Å². The van der Waals surface area contributed by atoms with E-state index in [9.17, 15) is 0 Å². The molecule has 2 aromatic rings. The van der Waals surface area contributed by atoms with Crippen LogP contribution in [0, 0.1) is 0 Å². The van der Waals surface area contributed by atoms with Gasteiger partial charge >= 0.3 is 0 Å². The topological polar surface area (TPSA) is 64.9 Å². The molecule has 96 valence electrons. The predicted molar refractivity (Wildman–Crippen MR) is 76.4 cm³/mol. The number of aromatic nitrogens is 2. The fourth-order valence-corrected chi connectivity index (χ4v) is 2.80. The fraction of sp³-hybridized carbons (Fsp3) is 0.333. The van der Waals surface area contributed by atoms with E-state index in [4.69, 9.17) is 10.3 Å². The molecule has 0 saturated heterocycles. The molecule has 0 spiro atoms. The Labute approximate surface area is 118 Å². The largest absolute Gasteiger partial charge is 0.398 e. The molecule has 0 unspecified atom stereocenters. The highest BCUT2D eigenvalue weighted by Gasteiger charge is 2.08. The van der Waals surface area contributed by atoms with Crippen molar-refractivity contribution in [2.75, 3.05) is 5.73 Å². The Balaban J connectivity index is 1.99. The number of aryl methyl sites for hydroxylation is 1. The van der Waals surface area contributed by atoms with Gasteiger partial charge in [0.1, 0.15) is 0 Å². The number of hydrogen-bond acceptors (Lipinski definition) is 5. The van der Waals surface area contributed by atoms with Crippen LogP contribution < -0.4 is 5.73 Å². The summed E-state index contributed by atoms with van der Waals surface area (Å²) in [7, 11) is 0. The second kappa shape index (κ2) is 6.24. The van der Waals surface area contributed by atoms with Crippen molar-refractivity contribution >= 4 is 33.4 Å². The van der Waals surface area contributed by atoms with Gasteiger partial charge in [0.05, 0.1) is 5.75 Å². The molecule has 0 radical (unpaired) electrons. The van der Waals surface area contributed by atoms with Crippen molar-refractivity contribution in [3.05, 3.63) is 34.4 Å². The van der Waals surface area contributed by atoms with Crippen molar-refractivity contribution in [3.63, 3.8) is 0 Å². The average molecular weight is 328 g/mol. The second-order valence-corrected chi connectivity index (χ2v) is 5.76. The van der Waals surface area contributed by atoms with Gasteiger partial charge in [-0.2, -0.15) is 4.98 Å². The van der Waals surface area contributed by atoms with E-state index in [0.29, 0.717) is 11.6 Å². The fourth-order valence-electron chi connectivity index (χ4n) is 1.45. The summed E-state index contributed by atoms with van der Waals surface area (Å²) in [5.41, 5.74) is 6.66. The van der Waals surface area contributed by atoms with E-state index < -0.39 is 0 Å². The van der Waals surface area contributed by atoms with Crippen LogP contribution in [-0.2, 0) is 12.2 Å². The molecule has 0 aliphatic rings. The number of halogens is 1. The first-order chi connectivity index (χ1) is 8.69. The molecule has 4 nitrogen and oxygen atoms in total. The van der Waals surface area contributed by atoms with Gasteiger partial charge < -0.3 is 10.3 Å². The lowest BCUT2D eigenvalue weighted by Gasteiger charge is -2.03. The molecule has 0 fully saturated rings. The van der Waals surface area contributed by atoms with Gasteiger partial charge in [-0.25, -0.2) is 0 Å². The number of hydrogen-bond donors (Lipinski definition) is 1. The monoisotopic (exact) mass is 327 g/mol. The molecule has 1 heterocycles. The molecular formula is C12H14BrN3OS. The molecule has 0 aliphatic heterocycles. The van der Waals surface area contributed by atoms with Gasteiger partial charge in [0.25, 0.3) is 0 Å². The van der Waals surface area contributed by atoms with Crippen LogP contribution in [0.25, 0.3) is 0 Å². The van der Waals surface area contributed by atoms with Gasteiger partial charge in [-0.3, -0.25) is 0 Å². The van der Waals surface area contributed by atoms with Crippen LogP contribution in [0.1, 0.15) is 25.1 Å². The standard InChI is InChI=1S/C12H14BrN3OS/c1-2-3-11-15-12(17-16-11)7-18-10-6-8(13)4-5-9(10)14/h4-6H,2-3,7,14H2,1H3. The van der Waals surface area contributed by atoms with Gasteiger partial charge in [0.15, 0.2) is 5.82 Å². The summed E-state index contributed by atoms with van der Waals surface area (Å²) in [4.78, 5) is 5.33. The van der Waals surface area contributed by atoms with E-state index in [-0.39, 0.29) is 0 Å². The molecule has 1 aromatic heterocycles. The summed E-state index contributed by atoms with van der Waals surface area (Å²) in [6.45, 7) is 2.09. The summed E-state index contributed by atoms with van der Waals surface area (Å²) in [6, 6.07) is 5.79. The van der Waals surface area contributed by atoms with Crippen LogP contribution in [0.4, 0.5) is 5.69 Å². The maximum atomic E-state index is 5.90. The lowest BCUT2D eigenvalue weighted by molar-refractivity contribution is 0.384. The molecule has 0 aliphatic carbocycles.